The molecule has 2 aromatic heterocycles. The molecule has 0 fully saturated rings. The maximum absolute atomic E-state index is 4.42. The molecule has 2 heterocycles. The van der Waals surface area contributed by atoms with Crippen molar-refractivity contribution in [1.82, 2.24) is 15.1 Å². The number of thiophene rings is 1. The molecule has 0 atom stereocenters. The Bertz CT molecular complexity index is 485. The number of nitrogens with zero attached hydrogens (tertiary/aromatic N) is 2. The van der Waals surface area contributed by atoms with Crippen molar-refractivity contribution in [2.24, 2.45) is 0 Å². The summed E-state index contributed by atoms with van der Waals surface area (Å²) in [6.45, 7) is 9.21. The summed E-state index contributed by atoms with van der Waals surface area (Å²) in [6, 6.07) is 4.33. The van der Waals surface area contributed by atoms with Crippen LogP contribution in [0.4, 0.5) is 0 Å². The Morgan fingerprint density at radius 3 is 2.88 bits per heavy atom. The highest BCUT2D eigenvalue weighted by Gasteiger charge is 2.06. The van der Waals surface area contributed by atoms with E-state index in [-0.39, 0.29) is 0 Å². The molecule has 4 heteroatoms. The van der Waals surface area contributed by atoms with Crippen molar-refractivity contribution < 1.29 is 0 Å². The van der Waals surface area contributed by atoms with Gasteiger partial charge in [0.25, 0.3) is 0 Å². The minimum atomic E-state index is 0.877. The molecule has 1 N–H and O–H groups in total. The summed E-state index contributed by atoms with van der Waals surface area (Å²) in [5.74, 6) is 0. The van der Waals surface area contributed by atoms with Gasteiger partial charge < -0.3 is 5.32 Å². The Balaban J connectivity index is 2.07. The second-order valence-corrected chi connectivity index (χ2v) is 5.57. The summed E-state index contributed by atoms with van der Waals surface area (Å²) in [6.07, 6.45) is 2.04. The summed E-state index contributed by atoms with van der Waals surface area (Å²) < 4.78 is 2.00. The van der Waals surface area contributed by atoms with Crippen LogP contribution in [-0.2, 0) is 13.1 Å². The Labute approximate surface area is 106 Å². The molecule has 0 radical (unpaired) electrons. The lowest BCUT2D eigenvalue weighted by Gasteiger charge is -2.00. The minimum Gasteiger partial charge on any atom is -0.312 e. The Morgan fingerprint density at radius 1 is 1.41 bits per heavy atom. The largest absolute Gasteiger partial charge is 0.312 e. The van der Waals surface area contributed by atoms with Crippen LogP contribution < -0.4 is 5.32 Å². The van der Waals surface area contributed by atoms with E-state index in [9.17, 15) is 0 Å². The van der Waals surface area contributed by atoms with Gasteiger partial charge in [0.05, 0.1) is 12.2 Å². The van der Waals surface area contributed by atoms with Gasteiger partial charge >= 0.3 is 0 Å². The number of aromatic nitrogens is 2. The molecule has 0 saturated heterocycles. The SMILES string of the molecule is CCNCc1cc(Cn2ccc(C)n2)c(C)s1. The van der Waals surface area contributed by atoms with E-state index in [0.717, 1.165) is 25.3 Å². The van der Waals surface area contributed by atoms with Crippen molar-refractivity contribution in [2.75, 3.05) is 6.54 Å². The van der Waals surface area contributed by atoms with Crippen LogP contribution in [0.3, 0.4) is 0 Å². The summed E-state index contributed by atoms with van der Waals surface area (Å²) in [5.41, 5.74) is 2.46. The molecule has 0 aliphatic carbocycles. The number of hydrogen-bond acceptors (Lipinski definition) is 3. The van der Waals surface area contributed by atoms with Crippen LogP contribution in [0.1, 0.15) is 27.9 Å². The van der Waals surface area contributed by atoms with Crippen LogP contribution in [0.2, 0.25) is 0 Å². The second kappa shape index (κ2) is 5.47. The lowest BCUT2D eigenvalue weighted by Crippen LogP contribution is -2.10. The molecule has 3 nitrogen and oxygen atoms in total. The molecule has 2 rings (SSSR count). The normalized spacial score (nSPS) is 11.0. The van der Waals surface area contributed by atoms with Gasteiger partial charge in [-0.25, -0.2) is 0 Å². The fourth-order valence-corrected chi connectivity index (χ4v) is 2.83. The van der Waals surface area contributed by atoms with Crippen LogP contribution in [0.25, 0.3) is 0 Å². The highest BCUT2D eigenvalue weighted by atomic mass is 32.1. The predicted molar refractivity (Wildman–Crippen MR) is 72.5 cm³/mol. The van der Waals surface area contributed by atoms with Crippen LogP contribution in [0, 0.1) is 13.8 Å². The average Bonchev–Trinajstić information content (AvgIpc) is 2.84. The van der Waals surface area contributed by atoms with E-state index in [4.69, 9.17) is 0 Å². The zero-order valence-electron chi connectivity index (χ0n) is 10.7. The summed E-state index contributed by atoms with van der Waals surface area (Å²) in [5, 5.41) is 7.79. The molecule has 17 heavy (non-hydrogen) atoms. The van der Waals surface area contributed by atoms with Gasteiger partial charge in [-0.3, -0.25) is 4.68 Å². The first-order chi connectivity index (χ1) is 8.19. The Morgan fingerprint density at radius 2 is 2.24 bits per heavy atom. The first-order valence-corrected chi connectivity index (χ1v) is 6.79. The van der Waals surface area contributed by atoms with E-state index >= 15 is 0 Å². The molecule has 2 aromatic rings. The molecule has 0 aliphatic heterocycles. The standard InChI is InChI=1S/C13H19N3S/c1-4-14-8-13-7-12(11(3)17-13)9-16-6-5-10(2)15-16/h5-7,14H,4,8-9H2,1-3H3. The first kappa shape index (κ1) is 12.3. The van der Waals surface area contributed by atoms with Gasteiger partial charge in [-0.1, -0.05) is 6.92 Å². The molecule has 92 valence electrons. The molecule has 0 unspecified atom stereocenters. The van der Waals surface area contributed by atoms with E-state index in [0.29, 0.717) is 0 Å². The van der Waals surface area contributed by atoms with Crippen LogP contribution in [0.15, 0.2) is 18.3 Å². The minimum absolute atomic E-state index is 0.877. The third-order valence-corrected chi connectivity index (χ3v) is 3.82. The average molecular weight is 249 g/mol. The maximum atomic E-state index is 4.42. The van der Waals surface area contributed by atoms with Crippen LogP contribution in [0.5, 0.6) is 0 Å². The molecule has 0 bridgehead atoms. The third kappa shape index (κ3) is 3.17. The van der Waals surface area contributed by atoms with E-state index in [1.54, 1.807) is 0 Å². The Kier molecular flexibility index (Phi) is 3.97. The summed E-state index contributed by atoms with van der Waals surface area (Å²) in [4.78, 5) is 2.80. The van der Waals surface area contributed by atoms with E-state index in [1.807, 2.05) is 35.2 Å². The van der Waals surface area contributed by atoms with Gasteiger partial charge in [0.1, 0.15) is 0 Å². The topological polar surface area (TPSA) is 29.9 Å². The fraction of sp³-hybridized carbons (Fsp3) is 0.462. The van der Waals surface area contributed by atoms with Gasteiger partial charge in [-0.05, 0) is 38.1 Å². The van der Waals surface area contributed by atoms with Gasteiger partial charge in [-0.15, -0.1) is 11.3 Å². The zero-order chi connectivity index (χ0) is 12.3. The monoisotopic (exact) mass is 249 g/mol. The highest BCUT2D eigenvalue weighted by molar-refractivity contribution is 7.12. The zero-order valence-corrected chi connectivity index (χ0v) is 11.5. The molecule has 0 saturated carbocycles. The van der Waals surface area contributed by atoms with Crippen molar-refractivity contribution in [3.05, 3.63) is 39.3 Å². The lowest BCUT2D eigenvalue weighted by molar-refractivity contribution is 0.677. The van der Waals surface area contributed by atoms with Gasteiger partial charge in [0, 0.05) is 22.5 Å². The molecular formula is C13H19N3S. The van der Waals surface area contributed by atoms with E-state index < -0.39 is 0 Å². The second-order valence-electron chi connectivity index (χ2n) is 4.23. The van der Waals surface area contributed by atoms with Crippen LogP contribution in [-0.4, -0.2) is 16.3 Å². The van der Waals surface area contributed by atoms with E-state index in [2.05, 4.69) is 30.3 Å². The van der Waals surface area contributed by atoms with E-state index in [1.165, 1.54) is 15.3 Å². The molecule has 0 aliphatic rings. The number of aryl methyl sites for hydroxylation is 2. The quantitative estimate of drug-likeness (QED) is 0.883. The summed E-state index contributed by atoms with van der Waals surface area (Å²) >= 11 is 1.88. The molecule has 0 spiro atoms. The van der Waals surface area contributed by atoms with Crippen molar-refractivity contribution in [3.8, 4) is 0 Å². The van der Waals surface area contributed by atoms with Crippen molar-refractivity contribution in [2.45, 2.75) is 33.9 Å². The number of hydrogen-bond donors (Lipinski definition) is 1. The molecular weight excluding hydrogens is 230 g/mol. The van der Waals surface area contributed by atoms with Crippen LogP contribution >= 0.6 is 11.3 Å². The Hall–Kier alpha value is -1.13. The number of rotatable bonds is 5. The third-order valence-electron chi connectivity index (χ3n) is 2.73. The van der Waals surface area contributed by atoms with Gasteiger partial charge in [-0.2, -0.15) is 5.10 Å². The van der Waals surface area contributed by atoms with Gasteiger partial charge in [0.15, 0.2) is 0 Å². The first-order valence-electron chi connectivity index (χ1n) is 5.98. The lowest BCUT2D eigenvalue weighted by atomic mass is 10.2. The van der Waals surface area contributed by atoms with Crippen molar-refractivity contribution in [1.29, 1.82) is 0 Å². The fourth-order valence-electron chi connectivity index (χ4n) is 1.81. The smallest absolute Gasteiger partial charge is 0.0670 e. The number of nitrogens with one attached hydrogen (secondary N) is 1. The predicted octanol–water partition coefficient (Wildman–Crippen LogP) is 2.72. The van der Waals surface area contributed by atoms with Crippen molar-refractivity contribution in [3.63, 3.8) is 0 Å². The van der Waals surface area contributed by atoms with Gasteiger partial charge in [0.2, 0.25) is 0 Å². The molecule has 0 amide bonds. The maximum Gasteiger partial charge on any atom is 0.0670 e. The highest BCUT2D eigenvalue weighted by Crippen LogP contribution is 2.22. The summed E-state index contributed by atoms with van der Waals surface area (Å²) in [7, 11) is 0. The molecule has 0 aromatic carbocycles. The van der Waals surface area contributed by atoms with Crippen molar-refractivity contribution >= 4 is 11.3 Å².